The molecule has 4 nitrogen and oxygen atoms in total. The van der Waals surface area contributed by atoms with Crippen molar-refractivity contribution in [2.24, 2.45) is 17.8 Å². The molecule has 27 heavy (non-hydrogen) atoms. The minimum atomic E-state index is -0.184. The Labute approximate surface area is 167 Å². The molecule has 4 aliphatic carbocycles. The molecular formula is C22H30N2O2S. The Morgan fingerprint density at radius 2 is 1.70 bits per heavy atom. The predicted octanol–water partition coefficient (Wildman–Crippen LogP) is 4.39. The van der Waals surface area contributed by atoms with Crippen LogP contribution >= 0.6 is 12.2 Å². The summed E-state index contributed by atoms with van der Waals surface area (Å²) >= 11 is 5.35. The van der Waals surface area contributed by atoms with Crippen molar-refractivity contribution in [2.75, 3.05) is 19.0 Å². The normalized spacial score (nSPS) is 30.8. The molecule has 146 valence electrons. The van der Waals surface area contributed by atoms with E-state index in [1.807, 2.05) is 0 Å². The zero-order valence-electron chi connectivity index (χ0n) is 16.1. The lowest BCUT2D eigenvalue weighted by atomic mass is 9.48. The molecule has 0 saturated heterocycles. The second-order valence-corrected chi connectivity index (χ2v) is 9.24. The summed E-state index contributed by atoms with van der Waals surface area (Å²) in [6, 6.07) is 8.96. The van der Waals surface area contributed by atoms with Crippen LogP contribution < -0.4 is 10.6 Å². The van der Waals surface area contributed by atoms with Gasteiger partial charge in [0, 0.05) is 18.7 Å². The first-order valence-electron chi connectivity index (χ1n) is 10.3. The third-order valence-electron chi connectivity index (χ3n) is 6.86. The van der Waals surface area contributed by atoms with Crippen LogP contribution in [-0.2, 0) is 14.9 Å². The van der Waals surface area contributed by atoms with Gasteiger partial charge < -0.3 is 15.4 Å². The van der Waals surface area contributed by atoms with Crippen molar-refractivity contribution in [1.82, 2.24) is 5.32 Å². The molecular weight excluding hydrogens is 356 g/mol. The van der Waals surface area contributed by atoms with Crippen LogP contribution in [0.4, 0.5) is 5.69 Å². The Morgan fingerprint density at radius 1 is 1.11 bits per heavy atom. The highest BCUT2D eigenvalue weighted by molar-refractivity contribution is 7.80. The molecule has 4 fully saturated rings. The second-order valence-electron chi connectivity index (χ2n) is 8.84. The fourth-order valence-electron chi connectivity index (χ4n) is 6.08. The molecule has 5 rings (SSSR count). The van der Waals surface area contributed by atoms with Crippen LogP contribution in [-0.4, -0.2) is 24.7 Å². The van der Waals surface area contributed by atoms with Gasteiger partial charge in [-0.05, 0) is 98.0 Å². The smallest absolute Gasteiger partial charge is 0.305 e. The van der Waals surface area contributed by atoms with Crippen molar-refractivity contribution in [3.05, 3.63) is 29.8 Å². The number of carbonyl (C=O) groups is 1. The number of anilines is 1. The fraction of sp³-hybridized carbons (Fsp3) is 0.636. The number of hydrogen-bond donors (Lipinski definition) is 2. The molecule has 1 aromatic carbocycles. The minimum Gasteiger partial charge on any atom is -0.469 e. The molecule has 5 heteroatoms. The van der Waals surface area contributed by atoms with E-state index in [1.165, 1.54) is 51.2 Å². The topological polar surface area (TPSA) is 50.4 Å². The largest absolute Gasteiger partial charge is 0.469 e. The van der Waals surface area contributed by atoms with Crippen LogP contribution in [0.25, 0.3) is 0 Å². The van der Waals surface area contributed by atoms with E-state index in [0.29, 0.717) is 29.9 Å². The summed E-state index contributed by atoms with van der Waals surface area (Å²) in [4.78, 5) is 11.1. The maximum absolute atomic E-state index is 11.1. The van der Waals surface area contributed by atoms with E-state index in [1.54, 1.807) is 0 Å². The lowest BCUT2D eigenvalue weighted by Gasteiger charge is -2.57. The van der Waals surface area contributed by atoms with E-state index in [9.17, 15) is 4.79 Å². The molecule has 0 radical (unpaired) electrons. The van der Waals surface area contributed by atoms with E-state index < -0.39 is 0 Å². The van der Waals surface area contributed by atoms with Gasteiger partial charge in [-0.1, -0.05) is 12.1 Å². The molecule has 1 aromatic rings. The Bertz CT molecular complexity index is 665. The number of carbonyl (C=O) groups excluding carboxylic acids is 1. The Hall–Kier alpha value is -1.62. The van der Waals surface area contributed by atoms with Gasteiger partial charge in [0.2, 0.25) is 0 Å². The van der Waals surface area contributed by atoms with E-state index in [2.05, 4.69) is 39.6 Å². The molecule has 4 bridgehead atoms. The van der Waals surface area contributed by atoms with Gasteiger partial charge in [0.05, 0.1) is 7.11 Å². The quantitative estimate of drug-likeness (QED) is 0.431. The lowest BCUT2D eigenvalue weighted by Crippen LogP contribution is -2.48. The third kappa shape index (κ3) is 4.13. The highest BCUT2D eigenvalue weighted by atomic mass is 32.1. The van der Waals surface area contributed by atoms with Gasteiger partial charge in [-0.2, -0.15) is 0 Å². The van der Waals surface area contributed by atoms with Crippen molar-refractivity contribution >= 4 is 29.0 Å². The number of benzene rings is 1. The van der Waals surface area contributed by atoms with Crippen LogP contribution in [0.2, 0.25) is 0 Å². The highest BCUT2D eigenvalue weighted by Crippen LogP contribution is 2.60. The fourth-order valence-corrected chi connectivity index (χ4v) is 6.30. The highest BCUT2D eigenvalue weighted by Gasteiger charge is 2.51. The van der Waals surface area contributed by atoms with Gasteiger partial charge in [-0.3, -0.25) is 4.79 Å². The number of thiocarbonyl (C=S) groups is 1. The molecule has 0 aromatic heterocycles. The molecule has 0 unspecified atom stereocenters. The number of esters is 1. The molecule has 0 heterocycles. The molecule has 4 saturated carbocycles. The van der Waals surface area contributed by atoms with Crippen LogP contribution in [0.15, 0.2) is 24.3 Å². The van der Waals surface area contributed by atoms with Gasteiger partial charge in [0.15, 0.2) is 5.11 Å². The maximum atomic E-state index is 11.1. The first-order chi connectivity index (χ1) is 13.1. The summed E-state index contributed by atoms with van der Waals surface area (Å²) in [7, 11) is 1.41. The van der Waals surface area contributed by atoms with Crippen molar-refractivity contribution in [3.8, 4) is 0 Å². The summed E-state index contributed by atoms with van der Waals surface area (Å²) in [5, 5.41) is 6.99. The molecule has 0 spiro atoms. The van der Waals surface area contributed by atoms with Crippen LogP contribution in [0.5, 0.6) is 0 Å². The molecule has 2 N–H and O–H groups in total. The summed E-state index contributed by atoms with van der Waals surface area (Å²) < 4.78 is 4.64. The Kier molecular flexibility index (Phi) is 5.40. The average Bonchev–Trinajstić information content (AvgIpc) is 2.64. The van der Waals surface area contributed by atoms with Crippen LogP contribution in [0.3, 0.4) is 0 Å². The van der Waals surface area contributed by atoms with E-state index in [-0.39, 0.29) is 5.97 Å². The van der Waals surface area contributed by atoms with Gasteiger partial charge in [-0.25, -0.2) is 0 Å². The van der Waals surface area contributed by atoms with Crippen molar-refractivity contribution in [2.45, 2.75) is 56.8 Å². The number of methoxy groups -OCH3 is 1. The van der Waals surface area contributed by atoms with Gasteiger partial charge >= 0.3 is 5.97 Å². The monoisotopic (exact) mass is 386 g/mol. The van der Waals surface area contributed by atoms with E-state index >= 15 is 0 Å². The second kappa shape index (κ2) is 7.78. The van der Waals surface area contributed by atoms with Crippen molar-refractivity contribution < 1.29 is 9.53 Å². The van der Waals surface area contributed by atoms with Crippen LogP contribution in [0.1, 0.15) is 56.9 Å². The molecule has 0 amide bonds. The van der Waals surface area contributed by atoms with Crippen LogP contribution in [0, 0.1) is 17.8 Å². The van der Waals surface area contributed by atoms with Gasteiger partial charge in [-0.15, -0.1) is 0 Å². The summed E-state index contributed by atoms with van der Waals surface area (Å²) in [5.41, 5.74) is 3.00. The molecule has 4 aliphatic rings. The minimum absolute atomic E-state index is 0.184. The summed E-state index contributed by atoms with van der Waals surface area (Å²) in [6.45, 7) is 0.659. The first kappa shape index (κ1) is 18.7. The maximum Gasteiger partial charge on any atom is 0.305 e. The number of nitrogens with one attached hydrogen (secondary N) is 2. The lowest BCUT2D eigenvalue weighted by molar-refractivity contribution is -0.140. The zero-order chi connectivity index (χ0) is 18.9. The van der Waals surface area contributed by atoms with Crippen molar-refractivity contribution in [3.63, 3.8) is 0 Å². The number of ether oxygens (including phenoxy) is 1. The van der Waals surface area contributed by atoms with Crippen molar-refractivity contribution in [1.29, 1.82) is 0 Å². The van der Waals surface area contributed by atoms with Gasteiger partial charge in [0.1, 0.15) is 0 Å². The summed E-state index contributed by atoms with van der Waals surface area (Å²) in [6.07, 6.45) is 9.74. The standard InChI is InChI=1S/C22H30N2O2S/c1-26-20(25)3-2-8-23-21(27)24-19-6-4-18(5-7-19)22-12-15-9-16(13-22)11-17(10-15)14-22/h4-7,15-17H,2-3,8-14H2,1H3,(H2,23,24,27). The molecule has 0 aliphatic heterocycles. The number of hydrogen-bond acceptors (Lipinski definition) is 3. The summed E-state index contributed by atoms with van der Waals surface area (Å²) in [5.74, 6) is 2.72. The van der Waals surface area contributed by atoms with E-state index in [4.69, 9.17) is 12.2 Å². The van der Waals surface area contributed by atoms with E-state index in [0.717, 1.165) is 23.4 Å². The molecule has 0 atom stereocenters. The predicted molar refractivity (Wildman–Crippen MR) is 112 cm³/mol. The Balaban J connectivity index is 1.30. The SMILES string of the molecule is COC(=O)CCCNC(=S)Nc1ccc(C23CC4CC(CC(C4)C2)C3)cc1. The average molecular weight is 387 g/mol. The third-order valence-corrected chi connectivity index (χ3v) is 7.11. The van der Waals surface area contributed by atoms with Gasteiger partial charge in [0.25, 0.3) is 0 Å². The first-order valence-corrected chi connectivity index (χ1v) is 10.7. The zero-order valence-corrected chi connectivity index (χ0v) is 16.9. The Morgan fingerprint density at radius 3 is 2.26 bits per heavy atom. The number of rotatable bonds is 6.